The Morgan fingerprint density at radius 1 is 1.10 bits per heavy atom. The number of anilines is 1. The highest BCUT2D eigenvalue weighted by Gasteiger charge is 2.18. The fraction of sp³-hybridized carbons (Fsp3) is 0.273. The highest BCUT2D eigenvalue weighted by molar-refractivity contribution is 7.21. The molecular formula is C22H22ClNO4S. The smallest absolute Gasteiger partial charge is 0.338 e. The number of esters is 1. The zero-order chi connectivity index (χ0) is 20.8. The maximum absolute atomic E-state index is 12.7. The summed E-state index contributed by atoms with van der Waals surface area (Å²) in [5, 5.41) is 4.00. The first-order valence-electron chi connectivity index (χ1n) is 9.38. The van der Waals surface area contributed by atoms with E-state index in [4.69, 9.17) is 21.1 Å². The number of thiophene rings is 1. The Kier molecular flexibility index (Phi) is 7.12. The summed E-state index contributed by atoms with van der Waals surface area (Å²) in [5.41, 5.74) is 1.02. The van der Waals surface area contributed by atoms with Crippen molar-refractivity contribution in [3.05, 3.63) is 57.9 Å². The van der Waals surface area contributed by atoms with E-state index in [-0.39, 0.29) is 11.9 Å². The Morgan fingerprint density at radius 3 is 2.55 bits per heavy atom. The number of carbonyl (C=O) groups excluding carboxylic acids is 2. The van der Waals surface area contributed by atoms with E-state index in [1.165, 1.54) is 11.3 Å². The fourth-order valence-electron chi connectivity index (χ4n) is 2.80. The van der Waals surface area contributed by atoms with Crippen LogP contribution in [0.25, 0.3) is 10.1 Å². The van der Waals surface area contributed by atoms with E-state index in [9.17, 15) is 9.59 Å². The molecule has 2 aromatic carbocycles. The van der Waals surface area contributed by atoms with E-state index in [1.807, 2.05) is 18.2 Å². The van der Waals surface area contributed by atoms with E-state index >= 15 is 0 Å². The Hall–Kier alpha value is -2.57. The standard InChI is InChI=1S/C22H22ClNO4S/c1-3-4-5-12-28-22(26)14-6-8-15(9-7-14)24-21(25)20-19(23)17-13-16(27-2)10-11-18(17)29-20/h6-11,13H,3-5,12H2,1-2H3,(H,24,25). The molecule has 1 N–H and O–H groups in total. The van der Waals surface area contributed by atoms with Crippen molar-refractivity contribution in [1.82, 2.24) is 0 Å². The third-order valence-corrected chi connectivity index (χ3v) is 6.07. The van der Waals surface area contributed by atoms with Gasteiger partial charge < -0.3 is 14.8 Å². The summed E-state index contributed by atoms with van der Waals surface area (Å²) in [6.07, 6.45) is 2.97. The molecule has 1 aromatic heterocycles. The number of ether oxygens (including phenoxy) is 2. The predicted molar refractivity (Wildman–Crippen MR) is 118 cm³/mol. The number of nitrogens with one attached hydrogen (secondary N) is 1. The molecule has 5 nitrogen and oxygen atoms in total. The number of methoxy groups -OCH3 is 1. The molecule has 1 amide bonds. The molecule has 0 unspecified atom stereocenters. The number of hydrogen-bond donors (Lipinski definition) is 1. The first kappa shape index (κ1) is 21.1. The molecular weight excluding hydrogens is 410 g/mol. The van der Waals surface area contributed by atoms with Crippen LogP contribution in [-0.2, 0) is 4.74 Å². The van der Waals surface area contributed by atoms with Crippen molar-refractivity contribution in [2.24, 2.45) is 0 Å². The van der Waals surface area contributed by atoms with Gasteiger partial charge in [-0.2, -0.15) is 0 Å². The van der Waals surface area contributed by atoms with Gasteiger partial charge in [0, 0.05) is 15.8 Å². The average molecular weight is 432 g/mol. The zero-order valence-corrected chi connectivity index (χ0v) is 17.9. The van der Waals surface area contributed by atoms with E-state index < -0.39 is 0 Å². The molecule has 152 valence electrons. The first-order chi connectivity index (χ1) is 14.0. The van der Waals surface area contributed by atoms with Gasteiger partial charge in [-0.05, 0) is 48.9 Å². The molecule has 0 fully saturated rings. The molecule has 0 spiro atoms. The van der Waals surface area contributed by atoms with Crippen molar-refractivity contribution in [3.63, 3.8) is 0 Å². The Morgan fingerprint density at radius 2 is 1.86 bits per heavy atom. The molecule has 0 saturated carbocycles. The molecule has 0 saturated heterocycles. The molecule has 1 heterocycles. The molecule has 7 heteroatoms. The maximum Gasteiger partial charge on any atom is 0.338 e. The highest BCUT2D eigenvalue weighted by atomic mass is 35.5. The van der Waals surface area contributed by atoms with Gasteiger partial charge in [0.2, 0.25) is 0 Å². The summed E-state index contributed by atoms with van der Waals surface area (Å²) < 4.78 is 11.4. The van der Waals surface area contributed by atoms with Crippen LogP contribution < -0.4 is 10.1 Å². The van der Waals surface area contributed by atoms with Gasteiger partial charge in [0.15, 0.2) is 0 Å². The minimum atomic E-state index is -0.361. The van der Waals surface area contributed by atoms with Crippen molar-refractivity contribution in [2.75, 3.05) is 19.0 Å². The normalized spacial score (nSPS) is 10.7. The predicted octanol–water partition coefficient (Wildman–Crippen LogP) is 6.16. The number of amides is 1. The second-order valence-electron chi connectivity index (χ2n) is 6.48. The van der Waals surface area contributed by atoms with Gasteiger partial charge in [0.1, 0.15) is 10.6 Å². The second-order valence-corrected chi connectivity index (χ2v) is 7.91. The van der Waals surface area contributed by atoms with Crippen LogP contribution in [0, 0.1) is 0 Å². The van der Waals surface area contributed by atoms with Crippen LogP contribution in [0.5, 0.6) is 5.75 Å². The van der Waals surface area contributed by atoms with Gasteiger partial charge in [0.25, 0.3) is 5.91 Å². The van der Waals surface area contributed by atoms with Crippen molar-refractivity contribution >= 4 is 50.6 Å². The molecule has 29 heavy (non-hydrogen) atoms. The first-order valence-corrected chi connectivity index (χ1v) is 10.6. The Balaban J connectivity index is 1.67. The summed E-state index contributed by atoms with van der Waals surface area (Å²) in [5.74, 6) is 0.0202. The number of rotatable bonds is 8. The van der Waals surface area contributed by atoms with Crippen molar-refractivity contribution in [2.45, 2.75) is 26.2 Å². The van der Waals surface area contributed by atoms with Gasteiger partial charge in [-0.1, -0.05) is 31.4 Å². The molecule has 0 radical (unpaired) electrons. The lowest BCUT2D eigenvalue weighted by molar-refractivity contribution is 0.0498. The quantitative estimate of drug-likeness (QED) is 0.342. The van der Waals surface area contributed by atoms with Gasteiger partial charge >= 0.3 is 5.97 Å². The SMILES string of the molecule is CCCCCOC(=O)c1ccc(NC(=O)c2sc3ccc(OC)cc3c2Cl)cc1. The average Bonchev–Trinajstić information content (AvgIpc) is 3.07. The molecule has 0 aliphatic heterocycles. The number of unbranched alkanes of at least 4 members (excludes halogenated alkanes) is 2. The third kappa shape index (κ3) is 5.08. The largest absolute Gasteiger partial charge is 0.497 e. The van der Waals surface area contributed by atoms with Crippen LogP contribution in [0.15, 0.2) is 42.5 Å². The highest BCUT2D eigenvalue weighted by Crippen LogP contribution is 2.37. The van der Waals surface area contributed by atoms with Crippen LogP contribution in [0.2, 0.25) is 5.02 Å². The van der Waals surface area contributed by atoms with Crippen LogP contribution in [0.1, 0.15) is 46.2 Å². The molecule has 3 aromatic rings. The summed E-state index contributed by atoms with van der Waals surface area (Å²) >= 11 is 7.74. The molecule has 0 bridgehead atoms. The number of hydrogen-bond acceptors (Lipinski definition) is 5. The van der Waals surface area contributed by atoms with Crippen molar-refractivity contribution in [1.29, 1.82) is 0 Å². The topological polar surface area (TPSA) is 64.6 Å². The lowest BCUT2D eigenvalue weighted by Gasteiger charge is -2.07. The lowest BCUT2D eigenvalue weighted by Crippen LogP contribution is -2.11. The zero-order valence-electron chi connectivity index (χ0n) is 16.3. The molecule has 0 aliphatic rings. The monoisotopic (exact) mass is 431 g/mol. The van der Waals surface area contributed by atoms with Crippen LogP contribution in [0.4, 0.5) is 5.69 Å². The van der Waals surface area contributed by atoms with Gasteiger partial charge in [0.05, 0.1) is 24.3 Å². The summed E-state index contributed by atoms with van der Waals surface area (Å²) in [7, 11) is 1.58. The minimum Gasteiger partial charge on any atom is -0.497 e. The van der Waals surface area contributed by atoms with E-state index in [0.717, 1.165) is 29.3 Å². The summed E-state index contributed by atoms with van der Waals surface area (Å²) in [6, 6.07) is 12.1. The van der Waals surface area contributed by atoms with Crippen LogP contribution in [0.3, 0.4) is 0 Å². The second kappa shape index (κ2) is 9.76. The van der Waals surface area contributed by atoms with E-state index in [2.05, 4.69) is 12.2 Å². The van der Waals surface area contributed by atoms with Gasteiger partial charge in [-0.15, -0.1) is 11.3 Å². The van der Waals surface area contributed by atoms with Gasteiger partial charge in [-0.25, -0.2) is 4.79 Å². The van der Waals surface area contributed by atoms with E-state index in [0.29, 0.717) is 33.5 Å². The van der Waals surface area contributed by atoms with Crippen molar-refractivity contribution in [3.8, 4) is 5.75 Å². The van der Waals surface area contributed by atoms with E-state index in [1.54, 1.807) is 31.4 Å². The fourth-order valence-corrected chi connectivity index (χ4v) is 4.18. The summed E-state index contributed by atoms with van der Waals surface area (Å²) in [4.78, 5) is 25.1. The lowest BCUT2D eigenvalue weighted by atomic mass is 10.2. The third-order valence-electron chi connectivity index (χ3n) is 4.40. The van der Waals surface area contributed by atoms with Crippen LogP contribution >= 0.6 is 22.9 Å². The Bertz CT molecular complexity index is 1010. The molecule has 0 aliphatic carbocycles. The van der Waals surface area contributed by atoms with Crippen molar-refractivity contribution < 1.29 is 19.1 Å². The molecule has 3 rings (SSSR count). The number of benzene rings is 2. The maximum atomic E-state index is 12.7. The number of fused-ring (bicyclic) bond motifs is 1. The number of carbonyl (C=O) groups is 2. The molecule has 0 atom stereocenters. The van der Waals surface area contributed by atoms with Crippen LogP contribution in [-0.4, -0.2) is 25.6 Å². The number of halogens is 1. The van der Waals surface area contributed by atoms with Gasteiger partial charge in [-0.3, -0.25) is 4.79 Å². The summed E-state index contributed by atoms with van der Waals surface area (Å²) in [6.45, 7) is 2.51. The minimum absolute atomic E-state index is 0.301. The Labute approximate surface area is 178 Å².